The minimum absolute atomic E-state index is 0.0615. The molecule has 0 saturated carbocycles. The quantitative estimate of drug-likeness (QED) is 0.508. The number of amides is 1. The number of carbonyl (C=O) groups excluding carboxylic acids is 1. The van der Waals surface area contributed by atoms with E-state index in [9.17, 15) is 4.79 Å². The highest BCUT2D eigenvalue weighted by Gasteiger charge is 1.92. The van der Waals surface area contributed by atoms with Crippen molar-refractivity contribution >= 4 is 17.5 Å². The molecule has 0 aromatic carbocycles. The number of halogens is 1. The molecular weight excluding hydrogens is 222 g/mol. The SMILES string of the molecule is C=CC(=O)NCCCCCCCC.C=CCl. The average Bonchev–Trinajstić information content (AvgIpc) is 2.28. The highest BCUT2D eigenvalue weighted by molar-refractivity contribution is 6.25. The van der Waals surface area contributed by atoms with E-state index in [0.29, 0.717) is 0 Å². The molecule has 0 atom stereocenters. The number of nitrogens with one attached hydrogen (secondary N) is 1. The first kappa shape index (κ1) is 17.6. The minimum atomic E-state index is -0.0615. The van der Waals surface area contributed by atoms with Crippen molar-refractivity contribution < 1.29 is 4.79 Å². The maximum Gasteiger partial charge on any atom is 0.243 e. The lowest BCUT2D eigenvalue weighted by Crippen LogP contribution is -2.21. The van der Waals surface area contributed by atoms with Gasteiger partial charge in [0.15, 0.2) is 0 Å². The summed E-state index contributed by atoms with van der Waals surface area (Å²) in [4.78, 5) is 10.7. The third kappa shape index (κ3) is 18.9. The van der Waals surface area contributed by atoms with Gasteiger partial charge in [-0.2, -0.15) is 0 Å². The summed E-state index contributed by atoms with van der Waals surface area (Å²) in [6.45, 7) is 9.52. The van der Waals surface area contributed by atoms with Gasteiger partial charge in [-0.1, -0.05) is 63.8 Å². The molecule has 1 N–H and O–H groups in total. The number of hydrogen-bond donors (Lipinski definition) is 1. The van der Waals surface area contributed by atoms with E-state index in [0.717, 1.165) is 13.0 Å². The van der Waals surface area contributed by atoms with E-state index in [-0.39, 0.29) is 5.91 Å². The zero-order valence-electron chi connectivity index (χ0n) is 10.3. The van der Waals surface area contributed by atoms with Crippen molar-refractivity contribution in [3.63, 3.8) is 0 Å². The van der Waals surface area contributed by atoms with Gasteiger partial charge in [0, 0.05) is 6.54 Å². The summed E-state index contributed by atoms with van der Waals surface area (Å²) in [6, 6.07) is 0. The van der Waals surface area contributed by atoms with E-state index in [1.54, 1.807) is 0 Å². The lowest BCUT2D eigenvalue weighted by molar-refractivity contribution is -0.116. The van der Waals surface area contributed by atoms with Crippen molar-refractivity contribution in [3.05, 3.63) is 24.8 Å². The molecule has 16 heavy (non-hydrogen) atoms. The van der Waals surface area contributed by atoms with E-state index >= 15 is 0 Å². The Labute approximate surface area is 105 Å². The van der Waals surface area contributed by atoms with Gasteiger partial charge in [0.25, 0.3) is 0 Å². The van der Waals surface area contributed by atoms with Crippen LogP contribution in [0.25, 0.3) is 0 Å². The van der Waals surface area contributed by atoms with E-state index in [1.165, 1.54) is 43.7 Å². The molecule has 0 aromatic heterocycles. The van der Waals surface area contributed by atoms with Crippen molar-refractivity contribution in [3.8, 4) is 0 Å². The molecular formula is C13H24ClNO. The molecule has 0 unspecified atom stereocenters. The summed E-state index contributed by atoms with van der Waals surface area (Å²) < 4.78 is 0. The van der Waals surface area contributed by atoms with E-state index < -0.39 is 0 Å². The molecule has 0 aliphatic heterocycles. The van der Waals surface area contributed by atoms with Crippen LogP contribution in [0.4, 0.5) is 0 Å². The van der Waals surface area contributed by atoms with Gasteiger partial charge < -0.3 is 5.32 Å². The number of rotatable bonds is 8. The van der Waals surface area contributed by atoms with E-state index in [4.69, 9.17) is 11.6 Å². The molecule has 0 bridgehead atoms. The fourth-order valence-corrected chi connectivity index (χ4v) is 1.19. The van der Waals surface area contributed by atoms with Gasteiger partial charge in [0.1, 0.15) is 0 Å². The molecule has 0 radical (unpaired) electrons. The summed E-state index contributed by atoms with van der Waals surface area (Å²) in [7, 11) is 0. The van der Waals surface area contributed by atoms with Crippen molar-refractivity contribution in [2.75, 3.05) is 6.54 Å². The lowest BCUT2D eigenvalue weighted by atomic mass is 10.1. The second-order valence-corrected chi connectivity index (χ2v) is 3.73. The van der Waals surface area contributed by atoms with Crippen LogP contribution < -0.4 is 5.32 Å². The van der Waals surface area contributed by atoms with E-state index in [1.807, 2.05) is 0 Å². The Morgan fingerprint density at radius 1 is 1.19 bits per heavy atom. The van der Waals surface area contributed by atoms with Crippen LogP contribution in [-0.2, 0) is 4.79 Å². The predicted octanol–water partition coefficient (Wildman–Crippen LogP) is 4.02. The van der Waals surface area contributed by atoms with Gasteiger partial charge in [-0.15, -0.1) is 0 Å². The maximum absolute atomic E-state index is 10.7. The average molecular weight is 246 g/mol. The zero-order valence-corrected chi connectivity index (χ0v) is 11.1. The van der Waals surface area contributed by atoms with Crippen LogP contribution >= 0.6 is 11.6 Å². The van der Waals surface area contributed by atoms with Crippen LogP contribution in [0.3, 0.4) is 0 Å². The monoisotopic (exact) mass is 245 g/mol. The molecule has 3 heteroatoms. The third-order valence-corrected chi connectivity index (χ3v) is 2.01. The molecule has 94 valence electrons. The Bertz CT molecular complexity index is 181. The molecule has 0 heterocycles. The molecule has 0 aliphatic carbocycles. The summed E-state index contributed by atoms with van der Waals surface area (Å²) >= 11 is 4.76. The molecule has 0 spiro atoms. The summed E-state index contributed by atoms with van der Waals surface area (Å²) in [5.41, 5.74) is 1.22. The maximum atomic E-state index is 10.7. The van der Waals surface area contributed by atoms with Crippen LogP contribution in [-0.4, -0.2) is 12.5 Å². The normalized spacial score (nSPS) is 8.62. The molecule has 1 amide bonds. The first-order valence-electron chi connectivity index (χ1n) is 5.84. The van der Waals surface area contributed by atoms with Gasteiger partial charge in [0.2, 0.25) is 5.91 Å². The van der Waals surface area contributed by atoms with Crippen molar-refractivity contribution in [2.24, 2.45) is 0 Å². The Morgan fingerprint density at radius 2 is 1.69 bits per heavy atom. The fourth-order valence-electron chi connectivity index (χ4n) is 1.19. The first-order chi connectivity index (χ1) is 7.72. The summed E-state index contributed by atoms with van der Waals surface area (Å²) in [5.74, 6) is -0.0615. The largest absolute Gasteiger partial charge is 0.353 e. The highest BCUT2D eigenvalue weighted by Crippen LogP contribution is 2.03. The molecule has 0 aromatic rings. The van der Waals surface area contributed by atoms with Crippen LogP contribution in [0.2, 0.25) is 0 Å². The van der Waals surface area contributed by atoms with Crippen molar-refractivity contribution in [2.45, 2.75) is 45.4 Å². The van der Waals surface area contributed by atoms with Crippen LogP contribution in [0.1, 0.15) is 45.4 Å². The number of unbranched alkanes of at least 4 members (excludes halogenated alkanes) is 5. The number of hydrogen-bond acceptors (Lipinski definition) is 1. The molecule has 0 aliphatic rings. The Hall–Kier alpha value is -0.760. The zero-order chi connectivity index (χ0) is 12.6. The molecule has 0 fully saturated rings. The Morgan fingerprint density at radius 3 is 2.19 bits per heavy atom. The van der Waals surface area contributed by atoms with Crippen LogP contribution in [0.15, 0.2) is 24.8 Å². The molecule has 0 saturated heterocycles. The first-order valence-corrected chi connectivity index (χ1v) is 6.27. The topological polar surface area (TPSA) is 29.1 Å². The van der Waals surface area contributed by atoms with Crippen LogP contribution in [0.5, 0.6) is 0 Å². The second kappa shape index (κ2) is 16.7. The van der Waals surface area contributed by atoms with Gasteiger partial charge in [-0.3, -0.25) is 4.79 Å². The Balaban J connectivity index is 0. The second-order valence-electron chi connectivity index (χ2n) is 3.42. The number of carbonyl (C=O) groups is 1. The van der Waals surface area contributed by atoms with Crippen LogP contribution in [0, 0.1) is 0 Å². The smallest absolute Gasteiger partial charge is 0.243 e. The highest BCUT2D eigenvalue weighted by atomic mass is 35.5. The summed E-state index contributed by atoms with van der Waals surface area (Å²) in [5, 5.41) is 2.77. The van der Waals surface area contributed by atoms with Crippen molar-refractivity contribution in [1.82, 2.24) is 5.32 Å². The van der Waals surface area contributed by atoms with Gasteiger partial charge in [-0.25, -0.2) is 0 Å². The molecule has 0 rings (SSSR count). The van der Waals surface area contributed by atoms with Gasteiger partial charge >= 0.3 is 0 Å². The Kier molecular flexibility index (Phi) is 18.4. The predicted molar refractivity (Wildman–Crippen MR) is 72.6 cm³/mol. The fraction of sp³-hybridized carbons (Fsp3) is 0.615. The third-order valence-electron chi connectivity index (χ3n) is 2.01. The van der Waals surface area contributed by atoms with Crippen molar-refractivity contribution in [1.29, 1.82) is 0 Å². The van der Waals surface area contributed by atoms with Gasteiger partial charge in [-0.05, 0) is 18.0 Å². The van der Waals surface area contributed by atoms with Gasteiger partial charge in [0.05, 0.1) is 0 Å². The van der Waals surface area contributed by atoms with E-state index in [2.05, 4.69) is 25.4 Å². The minimum Gasteiger partial charge on any atom is -0.353 e. The molecule has 2 nitrogen and oxygen atoms in total. The standard InChI is InChI=1S/C11H21NO.C2H3Cl/c1-3-5-6-7-8-9-10-12-11(13)4-2;1-2-3/h4H,2-3,5-10H2,1H3,(H,12,13);2H,1H2. The lowest BCUT2D eigenvalue weighted by Gasteiger charge is -2.01. The summed E-state index contributed by atoms with van der Waals surface area (Å²) in [6.07, 6.45) is 8.85.